The molecule has 1 aliphatic carbocycles. The first kappa shape index (κ1) is 13.6. The number of nitriles is 1. The molecule has 106 valence electrons. The Morgan fingerprint density at radius 3 is 2.71 bits per heavy atom. The molecule has 0 bridgehead atoms. The van der Waals surface area contributed by atoms with Gasteiger partial charge in [0.2, 0.25) is 0 Å². The van der Waals surface area contributed by atoms with Crippen molar-refractivity contribution in [3.05, 3.63) is 58.3 Å². The largest absolute Gasteiger partial charge is 0.362 e. The number of fused-ring (bicyclic) bond motifs is 1. The van der Waals surface area contributed by atoms with Gasteiger partial charge in [-0.1, -0.05) is 29.8 Å². The lowest BCUT2D eigenvalue weighted by Gasteiger charge is -2.17. The van der Waals surface area contributed by atoms with Crippen molar-refractivity contribution in [2.45, 2.75) is 39.2 Å². The average Bonchev–Trinajstić information content (AvgIpc) is 2.94. The molecule has 0 fully saturated rings. The van der Waals surface area contributed by atoms with Crippen molar-refractivity contribution >= 4 is 5.82 Å². The van der Waals surface area contributed by atoms with E-state index in [4.69, 9.17) is 0 Å². The highest BCUT2D eigenvalue weighted by Gasteiger charge is 2.17. The van der Waals surface area contributed by atoms with Crippen LogP contribution in [0.15, 0.2) is 30.3 Å². The summed E-state index contributed by atoms with van der Waals surface area (Å²) in [6.45, 7) is 4.18. The third kappa shape index (κ3) is 2.75. The molecule has 3 heteroatoms. The fraction of sp³-hybridized carbons (Fsp3) is 0.333. The highest BCUT2D eigenvalue weighted by Crippen LogP contribution is 2.27. The van der Waals surface area contributed by atoms with Crippen LogP contribution in [0, 0.1) is 18.3 Å². The number of anilines is 1. The van der Waals surface area contributed by atoms with Crippen LogP contribution in [0.1, 0.15) is 47.3 Å². The standard InChI is InChI=1S/C18H19N3/c1-12-6-8-14(9-7-12)13(2)20-18-16(11-19)10-15-4-3-5-17(15)21-18/h6-10,13H,3-5H2,1-2H3,(H,20,21). The minimum absolute atomic E-state index is 0.129. The summed E-state index contributed by atoms with van der Waals surface area (Å²) < 4.78 is 0. The van der Waals surface area contributed by atoms with Gasteiger partial charge in [0.1, 0.15) is 11.9 Å². The normalized spacial score (nSPS) is 14.3. The lowest BCUT2D eigenvalue weighted by atomic mass is 10.1. The first-order valence-corrected chi connectivity index (χ1v) is 7.43. The summed E-state index contributed by atoms with van der Waals surface area (Å²) in [5.74, 6) is 0.714. The molecule has 0 radical (unpaired) electrons. The molecule has 1 aromatic heterocycles. The fourth-order valence-corrected chi connectivity index (χ4v) is 2.81. The zero-order chi connectivity index (χ0) is 14.8. The lowest BCUT2D eigenvalue weighted by Crippen LogP contribution is -2.10. The van der Waals surface area contributed by atoms with Crippen molar-refractivity contribution in [1.82, 2.24) is 4.98 Å². The molecule has 0 saturated carbocycles. The minimum atomic E-state index is 0.129. The molecule has 3 nitrogen and oxygen atoms in total. The van der Waals surface area contributed by atoms with E-state index >= 15 is 0 Å². The van der Waals surface area contributed by atoms with E-state index in [2.05, 4.69) is 54.5 Å². The van der Waals surface area contributed by atoms with Gasteiger partial charge in [0, 0.05) is 11.7 Å². The molecular formula is C18H19N3. The quantitative estimate of drug-likeness (QED) is 0.925. The van der Waals surface area contributed by atoms with Crippen LogP contribution >= 0.6 is 0 Å². The van der Waals surface area contributed by atoms with Gasteiger partial charge < -0.3 is 5.32 Å². The first-order valence-electron chi connectivity index (χ1n) is 7.43. The molecule has 21 heavy (non-hydrogen) atoms. The zero-order valence-electron chi connectivity index (χ0n) is 12.5. The summed E-state index contributed by atoms with van der Waals surface area (Å²) in [5.41, 5.74) is 5.48. The van der Waals surface area contributed by atoms with Crippen molar-refractivity contribution in [2.24, 2.45) is 0 Å². The second-order valence-electron chi connectivity index (χ2n) is 5.73. The molecule has 1 heterocycles. The van der Waals surface area contributed by atoms with Crippen molar-refractivity contribution in [2.75, 3.05) is 5.32 Å². The number of hydrogen-bond acceptors (Lipinski definition) is 3. The molecule has 0 aliphatic heterocycles. The first-order chi connectivity index (χ1) is 10.2. The zero-order valence-corrected chi connectivity index (χ0v) is 12.5. The Balaban J connectivity index is 1.87. The van der Waals surface area contributed by atoms with Gasteiger partial charge in [-0.3, -0.25) is 0 Å². The van der Waals surface area contributed by atoms with E-state index in [1.54, 1.807) is 0 Å². The van der Waals surface area contributed by atoms with Crippen LogP contribution in [-0.2, 0) is 12.8 Å². The third-order valence-electron chi connectivity index (χ3n) is 4.10. The molecule has 1 N–H and O–H groups in total. The molecular weight excluding hydrogens is 258 g/mol. The monoisotopic (exact) mass is 277 g/mol. The highest BCUT2D eigenvalue weighted by molar-refractivity contribution is 5.56. The van der Waals surface area contributed by atoms with E-state index in [0.717, 1.165) is 25.0 Å². The summed E-state index contributed by atoms with van der Waals surface area (Å²) in [5, 5.41) is 12.7. The number of aryl methyl sites for hydroxylation is 3. The van der Waals surface area contributed by atoms with Crippen LogP contribution < -0.4 is 5.32 Å². The number of pyridine rings is 1. The van der Waals surface area contributed by atoms with Gasteiger partial charge in [0.15, 0.2) is 0 Å². The van der Waals surface area contributed by atoms with Crippen LogP contribution in [0.5, 0.6) is 0 Å². The maximum Gasteiger partial charge on any atom is 0.144 e. The van der Waals surface area contributed by atoms with Crippen LogP contribution in [0.3, 0.4) is 0 Å². The van der Waals surface area contributed by atoms with Crippen LogP contribution in [0.25, 0.3) is 0 Å². The number of benzene rings is 1. The second kappa shape index (κ2) is 5.57. The number of nitrogens with one attached hydrogen (secondary N) is 1. The molecule has 0 amide bonds. The van der Waals surface area contributed by atoms with Gasteiger partial charge in [-0.25, -0.2) is 4.98 Å². The van der Waals surface area contributed by atoms with E-state index in [9.17, 15) is 5.26 Å². The van der Waals surface area contributed by atoms with Gasteiger partial charge in [-0.2, -0.15) is 5.26 Å². The Morgan fingerprint density at radius 2 is 2.00 bits per heavy atom. The summed E-state index contributed by atoms with van der Waals surface area (Å²) in [4.78, 5) is 4.67. The number of rotatable bonds is 3. The molecule has 3 rings (SSSR count). The van der Waals surface area contributed by atoms with Crippen molar-refractivity contribution in [3.8, 4) is 6.07 Å². The Hall–Kier alpha value is -2.34. The molecule has 0 saturated heterocycles. The maximum atomic E-state index is 9.34. The lowest BCUT2D eigenvalue weighted by molar-refractivity contribution is 0.864. The van der Waals surface area contributed by atoms with E-state index in [1.165, 1.54) is 16.7 Å². The number of aromatic nitrogens is 1. The smallest absolute Gasteiger partial charge is 0.144 e. The summed E-state index contributed by atoms with van der Waals surface area (Å²) in [6, 6.07) is 12.8. The Morgan fingerprint density at radius 1 is 1.24 bits per heavy atom. The fourth-order valence-electron chi connectivity index (χ4n) is 2.81. The van der Waals surface area contributed by atoms with Gasteiger partial charge in [-0.05, 0) is 50.3 Å². The predicted octanol–water partition coefficient (Wildman–Crippen LogP) is 3.92. The minimum Gasteiger partial charge on any atom is -0.362 e. The van der Waals surface area contributed by atoms with E-state index in [-0.39, 0.29) is 6.04 Å². The average molecular weight is 277 g/mol. The number of nitrogens with zero attached hydrogens (tertiary/aromatic N) is 2. The Kier molecular flexibility index (Phi) is 3.62. The number of hydrogen-bond donors (Lipinski definition) is 1. The van der Waals surface area contributed by atoms with Crippen molar-refractivity contribution in [1.29, 1.82) is 5.26 Å². The van der Waals surface area contributed by atoms with Crippen molar-refractivity contribution < 1.29 is 0 Å². The maximum absolute atomic E-state index is 9.34. The summed E-state index contributed by atoms with van der Waals surface area (Å²) >= 11 is 0. The van der Waals surface area contributed by atoms with E-state index < -0.39 is 0 Å². The summed E-state index contributed by atoms with van der Waals surface area (Å²) in [6.07, 6.45) is 3.21. The summed E-state index contributed by atoms with van der Waals surface area (Å²) in [7, 11) is 0. The molecule has 2 aromatic rings. The van der Waals surface area contributed by atoms with Gasteiger partial charge in [0.05, 0.1) is 5.56 Å². The van der Waals surface area contributed by atoms with Crippen LogP contribution in [0.4, 0.5) is 5.82 Å². The molecule has 1 unspecified atom stereocenters. The van der Waals surface area contributed by atoms with E-state index in [0.29, 0.717) is 11.4 Å². The highest BCUT2D eigenvalue weighted by atomic mass is 15.0. The Bertz CT molecular complexity index is 696. The molecule has 0 spiro atoms. The van der Waals surface area contributed by atoms with Crippen molar-refractivity contribution in [3.63, 3.8) is 0 Å². The van der Waals surface area contributed by atoms with Gasteiger partial charge in [0.25, 0.3) is 0 Å². The molecule has 1 aromatic carbocycles. The second-order valence-corrected chi connectivity index (χ2v) is 5.73. The predicted molar refractivity (Wildman–Crippen MR) is 84.2 cm³/mol. The van der Waals surface area contributed by atoms with Crippen LogP contribution in [0.2, 0.25) is 0 Å². The Labute approximate surface area is 125 Å². The topological polar surface area (TPSA) is 48.7 Å². The van der Waals surface area contributed by atoms with Crippen LogP contribution in [-0.4, -0.2) is 4.98 Å². The van der Waals surface area contributed by atoms with Gasteiger partial charge in [-0.15, -0.1) is 0 Å². The van der Waals surface area contributed by atoms with Gasteiger partial charge >= 0.3 is 0 Å². The van der Waals surface area contributed by atoms with E-state index in [1.807, 2.05) is 6.07 Å². The molecule has 1 atom stereocenters. The molecule has 1 aliphatic rings. The SMILES string of the molecule is Cc1ccc(C(C)Nc2nc3c(cc2C#N)CCC3)cc1. The third-order valence-corrected chi connectivity index (χ3v) is 4.10.